The van der Waals surface area contributed by atoms with Crippen LogP contribution < -0.4 is 16.4 Å². The van der Waals surface area contributed by atoms with Gasteiger partial charge in [-0.3, -0.25) is 24.4 Å². The standard InChI is InChI=1S/C24H24N6O2/c1-15-5-4-12-29-21(15)28-22-19(24(29)32)13-18(23(31)27-17-6-2-3-7-17)20(25)30(22)14-16-8-10-26-11-9-16/h4-5,8-13,17,25H,2-3,6-7,14H2,1H3,(H,27,31). The van der Waals surface area contributed by atoms with Crippen molar-refractivity contribution in [3.8, 4) is 0 Å². The molecule has 1 aliphatic carbocycles. The topological polar surface area (TPSA) is 105 Å². The van der Waals surface area contributed by atoms with E-state index in [-0.39, 0.29) is 28.6 Å². The minimum Gasteiger partial charge on any atom is -0.349 e. The van der Waals surface area contributed by atoms with E-state index in [1.165, 1.54) is 10.5 Å². The molecule has 0 unspecified atom stereocenters. The molecule has 4 heterocycles. The molecule has 1 aliphatic rings. The molecule has 8 nitrogen and oxygen atoms in total. The van der Waals surface area contributed by atoms with Gasteiger partial charge in [0.1, 0.15) is 16.8 Å². The van der Waals surface area contributed by atoms with Gasteiger partial charge in [0.2, 0.25) is 0 Å². The number of aryl methyl sites for hydroxylation is 1. The lowest BCUT2D eigenvalue weighted by molar-refractivity contribution is 0.0935. The molecule has 2 N–H and O–H groups in total. The van der Waals surface area contributed by atoms with Crippen LogP contribution in [0.2, 0.25) is 0 Å². The highest BCUT2D eigenvalue weighted by atomic mass is 16.2. The van der Waals surface area contributed by atoms with Gasteiger partial charge >= 0.3 is 0 Å². The van der Waals surface area contributed by atoms with Crippen LogP contribution in [0.25, 0.3) is 16.7 Å². The van der Waals surface area contributed by atoms with E-state index in [9.17, 15) is 9.59 Å². The van der Waals surface area contributed by atoms with E-state index in [0.717, 1.165) is 36.8 Å². The molecule has 0 aromatic carbocycles. The van der Waals surface area contributed by atoms with Gasteiger partial charge in [0, 0.05) is 24.6 Å². The van der Waals surface area contributed by atoms with Crippen LogP contribution in [0.1, 0.15) is 47.2 Å². The summed E-state index contributed by atoms with van der Waals surface area (Å²) >= 11 is 0. The number of nitrogens with zero attached hydrogens (tertiary/aromatic N) is 4. The van der Waals surface area contributed by atoms with Gasteiger partial charge in [0.25, 0.3) is 11.5 Å². The van der Waals surface area contributed by atoms with Crippen LogP contribution in [0.3, 0.4) is 0 Å². The second-order valence-corrected chi connectivity index (χ2v) is 8.34. The van der Waals surface area contributed by atoms with E-state index < -0.39 is 0 Å². The molecule has 5 rings (SSSR count). The van der Waals surface area contributed by atoms with Gasteiger partial charge in [-0.25, -0.2) is 4.98 Å². The van der Waals surface area contributed by atoms with Gasteiger partial charge in [-0.05, 0) is 55.2 Å². The molecule has 4 aromatic heterocycles. The normalized spacial score (nSPS) is 14.3. The molecule has 0 radical (unpaired) electrons. The van der Waals surface area contributed by atoms with E-state index in [1.54, 1.807) is 29.2 Å². The Bertz CT molecular complexity index is 1450. The summed E-state index contributed by atoms with van der Waals surface area (Å²) < 4.78 is 3.14. The summed E-state index contributed by atoms with van der Waals surface area (Å²) in [5.41, 5.74) is 2.66. The summed E-state index contributed by atoms with van der Waals surface area (Å²) in [5, 5.41) is 12.2. The van der Waals surface area contributed by atoms with E-state index >= 15 is 0 Å². The lowest BCUT2D eigenvalue weighted by Gasteiger charge is -2.17. The predicted molar refractivity (Wildman–Crippen MR) is 121 cm³/mol. The van der Waals surface area contributed by atoms with Crippen LogP contribution in [0.15, 0.2) is 53.7 Å². The van der Waals surface area contributed by atoms with Crippen molar-refractivity contribution in [1.29, 1.82) is 5.41 Å². The molecule has 0 atom stereocenters. The van der Waals surface area contributed by atoms with Gasteiger partial charge in [-0.15, -0.1) is 0 Å². The molecule has 1 fully saturated rings. The zero-order chi connectivity index (χ0) is 22.2. The van der Waals surface area contributed by atoms with Crippen LogP contribution in [-0.2, 0) is 6.54 Å². The number of hydrogen-bond donors (Lipinski definition) is 2. The van der Waals surface area contributed by atoms with Crippen molar-refractivity contribution < 1.29 is 4.79 Å². The Morgan fingerprint density at radius 2 is 1.94 bits per heavy atom. The molecule has 8 heteroatoms. The van der Waals surface area contributed by atoms with Crippen LogP contribution in [0.4, 0.5) is 0 Å². The monoisotopic (exact) mass is 428 g/mol. The van der Waals surface area contributed by atoms with Gasteiger partial charge < -0.3 is 9.88 Å². The molecule has 4 aromatic rings. The zero-order valence-corrected chi connectivity index (χ0v) is 17.8. The van der Waals surface area contributed by atoms with Gasteiger partial charge in [-0.2, -0.15) is 0 Å². The SMILES string of the molecule is Cc1cccn2c(=O)c3cc(C(=O)NC4CCCC4)c(=N)n(Cc4ccncc4)c3nc12. The first kappa shape index (κ1) is 20.1. The number of nitrogens with one attached hydrogen (secondary N) is 2. The largest absolute Gasteiger partial charge is 0.349 e. The number of fused-ring (bicyclic) bond motifs is 2. The fraction of sp³-hybridized carbons (Fsp3) is 0.292. The first-order chi connectivity index (χ1) is 15.5. The van der Waals surface area contributed by atoms with Crippen LogP contribution >= 0.6 is 0 Å². The Morgan fingerprint density at radius 3 is 2.69 bits per heavy atom. The smallest absolute Gasteiger partial charge is 0.267 e. The highest BCUT2D eigenvalue weighted by Gasteiger charge is 2.22. The van der Waals surface area contributed by atoms with Gasteiger partial charge in [0.15, 0.2) is 0 Å². The molecule has 0 aliphatic heterocycles. The summed E-state index contributed by atoms with van der Waals surface area (Å²) in [5.74, 6) is -0.319. The summed E-state index contributed by atoms with van der Waals surface area (Å²) in [7, 11) is 0. The third kappa shape index (κ3) is 3.47. The molecular weight excluding hydrogens is 404 g/mol. The van der Waals surface area contributed by atoms with Crippen LogP contribution in [0.5, 0.6) is 0 Å². The average Bonchev–Trinajstić information content (AvgIpc) is 3.30. The number of carbonyl (C=O) groups excluding carboxylic acids is 1. The molecule has 32 heavy (non-hydrogen) atoms. The molecule has 162 valence electrons. The third-order valence-electron chi connectivity index (χ3n) is 6.16. The molecule has 1 saturated carbocycles. The second-order valence-electron chi connectivity index (χ2n) is 8.34. The molecule has 0 spiro atoms. The fourth-order valence-electron chi connectivity index (χ4n) is 4.43. The Kier molecular flexibility index (Phi) is 5.05. The average molecular weight is 428 g/mol. The number of amides is 1. The number of aromatic nitrogens is 4. The maximum absolute atomic E-state index is 13.4. The number of pyridine rings is 3. The first-order valence-corrected chi connectivity index (χ1v) is 10.8. The number of hydrogen-bond acceptors (Lipinski definition) is 5. The number of rotatable bonds is 4. The fourth-order valence-corrected chi connectivity index (χ4v) is 4.43. The van der Waals surface area contributed by atoms with Crippen molar-refractivity contribution in [2.24, 2.45) is 0 Å². The van der Waals surface area contributed by atoms with Crippen molar-refractivity contribution in [2.75, 3.05) is 0 Å². The highest BCUT2D eigenvalue weighted by Crippen LogP contribution is 2.19. The van der Waals surface area contributed by atoms with Gasteiger partial charge in [0.05, 0.1) is 17.5 Å². The maximum atomic E-state index is 13.4. The predicted octanol–water partition coefficient (Wildman–Crippen LogP) is 2.55. The summed E-state index contributed by atoms with van der Waals surface area (Å²) in [6.45, 7) is 2.20. The Morgan fingerprint density at radius 1 is 1.19 bits per heavy atom. The lowest BCUT2D eigenvalue weighted by atomic mass is 10.1. The van der Waals surface area contributed by atoms with Crippen molar-refractivity contribution in [2.45, 2.75) is 45.2 Å². The highest BCUT2D eigenvalue weighted by molar-refractivity contribution is 5.97. The summed E-state index contributed by atoms with van der Waals surface area (Å²) in [6, 6.07) is 9.03. The maximum Gasteiger partial charge on any atom is 0.267 e. The minimum atomic E-state index is -0.319. The van der Waals surface area contributed by atoms with Gasteiger partial charge in [-0.1, -0.05) is 18.9 Å². The van der Waals surface area contributed by atoms with Crippen LogP contribution in [0, 0.1) is 12.3 Å². The molecule has 0 bridgehead atoms. The van der Waals surface area contributed by atoms with E-state index in [0.29, 0.717) is 23.2 Å². The van der Waals surface area contributed by atoms with E-state index in [1.807, 2.05) is 25.1 Å². The third-order valence-corrected chi connectivity index (χ3v) is 6.16. The minimum absolute atomic E-state index is 0.0367. The summed E-state index contributed by atoms with van der Waals surface area (Å²) in [4.78, 5) is 35.3. The first-order valence-electron chi connectivity index (χ1n) is 10.8. The zero-order valence-electron chi connectivity index (χ0n) is 17.8. The Hall–Kier alpha value is -3.81. The Balaban J connectivity index is 1.76. The van der Waals surface area contributed by atoms with E-state index in [4.69, 9.17) is 10.4 Å². The van der Waals surface area contributed by atoms with Crippen molar-refractivity contribution in [3.05, 3.63) is 81.5 Å². The van der Waals surface area contributed by atoms with Crippen molar-refractivity contribution >= 4 is 22.6 Å². The quantitative estimate of drug-likeness (QED) is 0.487. The number of carbonyl (C=O) groups is 1. The van der Waals surface area contributed by atoms with E-state index in [2.05, 4.69) is 10.3 Å². The van der Waals surface area contributed by atoms with Crippen molar-refractivity contribution in [1.82, 2.24) is 24.3 Å². The van der Waals surface area contributed by atoms with Crippen LogP contribution in [-0.4, -0.2) is 30.9 Å². The molecule has 0 saturated heterocycles. The Labute approximate surface area is 184 Å². The second kappa shape index (κ2) is 8.03. The molecular formula is C24H24N6O2. The summed E-state index contributed by atoms with van der Waals surface area (Å²) in [6.07, 6.45) is 9.11. The molecule has 1 amide bonds. The lowest BCUT2D eigenvalue weighted by Crippen LogP contribution is -2.38. The van der Waals surface area contributed by atoms with Crippen molar-refractivity contribution in [3.63, 3.8) is 0 Å².